The van der Waals surface area contributed by atoms with Crippen LogP contribution in [0.2, 0.25) is 0 Å². The predicted octanol–water partition coefficient (Wildman–Crippen LogP) is 4.33. The average molecular weight is 368 g/mol. The van der Waals surface area contributed by atoms with Crippen LogP contribution in [-0.2, 0) is 9.84 Å². The number of nitrogens with one attached hydrogen (secondary N) is 1. The highest BCUT2D eigenvalue weighted by atomic mass is 79.9. The molecule has 3 nitrogen and oxygen atoms in total. The zero-order chi connectivity index (χ0) is 15.6. The molecule has 0 saturated heterocycles. The number of anilines is 1. The Hall–Kier alpha value is -1.33. The van der Waals surface area contributed by atoms with Gasteiger partial charge in [0.25, 0.3) is 0 Å². The first kappa shape index (κ1) is 16.0. The molecule has 2 aromatic carbocycles. The molecule has 1 N–H and O–H groups in total. The van der Waals surface area contributed by atoms with Gasteiger partial charge < -0.3 is 5.32 Å². The Morgan fingerprint density at radius 1 is 1.10 bits per heavy atom. The minimum atomic E-state index is -3.14. The van der Waals surface area contributed by atoms with Crippen molar-refractivity contribution in [2.45, 2.75) is 24.8 Å². The first-order valence-electron chi connectivity index (χ1n) is 6.60. The van der Waals surface area contributed by atoms with E-state index in [1.165, 1.54) is 11.8 Å². The molecule has 0 heterocycles. The molecule has 0 bridgehead atoms. The predicted molar refractivity (Wildman–Crippen MR) is 90.5 cm³/mol. The van der Waals surface area contributed by atoms with E-state index in [9.17, 15) is 8.42 Å². The Morgan fingerprint density at radius 2 is 1.71 bits per heavy atom. The van der Waals surface area contributed by atoms with Crippen molar-refractivity contribution in [2.75, 3.05) is 11.6 Å². The fraction of sp³-hybridized carbons (Fsp3) is 0.250. The van der Waals surface area contributed by atoms with Gasteiger partial charge in [-0.05, 0) is 65.2 Å². The molecule has 0 spiro atoms. The maximum Gasteiger partial charge on any atom is 0.175 e. The molecule has 1 atom stereocenters. The summed E-state index contributed by atoms with van der Waals surface area (Å²) in [6, 6.07) is 13.2. The van der Waals surface area contributed by atoms with E-state index < -0.39 is 9.84 Å². The van der Waals surface area contributed by atoms with Crippen LogP contribution in [0.15, 0.2) is 51.8 Å². The number of sulfone groups is 1. The molecule has 0 aliphatic carbocycles. The van der Waals surface area contributed by atoms with Crippen LogP contribution >= 0.6 is 15.9 Å². The van der Waals surface area contributed by atoms with Crippen LogP contribution in [0, 0.1) is 6.92 Å². The normalized spacial score (nSPS) is 13.0. The summed E-state index contributed by atoms with van der Waals surface area (Å²) in [5, 5.41) is 3.43. The molecule has 0 amide bonds. The standard InChI is InChI=1S/C16H18BrNO2S/c1-11-4-9-15(17)16(10-11)18-12(2)13-5-7-14(8-6-13)21(3,19)20/h4-10,12,18H,1-3H3. The summed E-state index contributed by atoms with van der Waals surface area (Å²) < 4.78 is 23.9. The van der Waals surface area contributed by atoms with E-state index in [0.717, 1.165) is 15.7 Å². The summed E-state index contributed by atoms with van der Waals surface area (Å²) >= 11 is 3.53. The highest BCUT2D eigenvalue weighted by Gasteiger charge is 2.10. The zero-order valence-electron chi connectivity index (χ0n) is 12.2. The smallest absolute Gasteiger partial charge is 0.175 e. The molecular formula is C16H18BrNO2S. The number of hydrogen-bond acceptors (Lipinski definition) is 3. The summed E-state index contributed by atoms with van der Waals surface area (Å²) in [5.74, 6) is 0. The van der Waals surface area contributed by atoms with Crippen molar-refractivity contribution in [1.29, 1.82) is 0 Å². The van der Waals surface area contributed by atoms with Gasteiger partial charge in [-0.2, -0.15) is 0 Å². The largest absolute Gasteiger partial charge is 0.378 e. The Balaban J connectivity index is 2.20. The molecule has 21 heavy (non-hydrogen) atoms. The van der Waals surface area contributed by atoms with Crippen molar-refractivity contribution in [2.24, 2.45) is 0 Å². The second-order valence-electron chi connectivity index (χ2n) is 5.19. The first-order chi connectivity index (χ1) is 9.77. The van der Waals surface area contributed by atoms with Crippen molar-refractivity contribution < 1.29 is 8.42 Å². The Labute approximate surface area is 134 Å². The zero-order valence-corrected chi connectivity index (χ0v) is 14.6. The lowest BCUT2D eigenvalue weighted by Crippen LogP contribution is -2.07. The molecule has 0 radical (unpaired) electrons. The van der Waals surface area contributed by atoms with Crippen LogP contribution in [0.25, 0.3) is 0 Å². The van der Waals surface area contributed by atoms with E-state index >= 15 is 0 Å². The monoisotopic (exact) mass is 367 g/mol. The molecule has 0 aliphatic rings. The average Bonchev–Trinajstić information content (AvgIpc) is 2.42. The quantitative estimate of drug-likeness (QED) is 0.874. The second-order valence-corrected chi connectivity index (χ2v) is 8.06. The SMILES string of the molecule is Cc1ccc(Br)c(NC(C)c2ccc(S(C)(=O)=O)cc2)c1. The molecule has 1 unspecified atom stereocenters. The van der Waals surface area contributed by atoms with Crippen LogP contribution < -0.4 is 5.32 Å². The molecule has 0 fully saturated rings. The number of hydrogen-bond donors (Lipinski definition) is 1. The van der Waals surface area contributed by atoms with Crippen molar-refractivity contribution in [3.8, 4) is 0 Å². The van der Waals surface area contributed by atoms with Crippen LogP contribution in [0.4, 0.5) is 5.69 Å². The van der Waals surface area contributed by atoms with Gasteiger partial charge in [-0.15, -0.1) is 0 Å². The Morgan fingerprint density at radius 3 is 2.29 bits per heavy atom. The molecular weight excluding hydrogens is 350 g/mol. The highest BCUT2D eigenvalue weighted by Crippen LogP contribution is 2.27. The molecule has 0 aromatic heterocycles. The summed E-state index contributed by atoms with van der Waals surface area (Å²) in [6.45, 7) is 4.09. The van der Waals surface area contributed by atoms with Crippen molar-refractivity contribution in [1.82, 2.24) is 0 Å². The highest BCUT2D eigenvalue weighted by molar-refractivity contribution is 9.10. The van der Waals surface area contributed by atoms with E-state index in [0.29, 0.717) is 4.90 Å². The summed E-state index contributed by atoms with van der Waals surface area (Å²) in [6.07, 6.45) is 1.22. The minimum absolute atomic E-state index is 0.0803. The Kier molecular flexibility index (Phi) is 4.74. The third-order valence-electron chi connectivity index (χ3n) is 3.30. The number of benzene rings is 2. The van der Waals surface area contributed by atoms with Gasteiger partial charge in [0.15, 0.2) is 9.84 Å². The van der Waals surface area contributed by atoms with Crippen LogP contribution in [0.1, 0.15) is 24.1 Å². The lowest BCUT2D eigenvalue weighted by atomic mass is 10.1. The molecule has 2 aromatic rings. The fourth-order valence-corrected chi connectivity index (χ4v) is 3.06. The van der Waals surface area contributed by atoms with Gasteiger partial charge in [-0.1, -0.05) is 18.2 Å². The number of aryl methyl sites for hydroxylation is 1. The van der Waals surface area contributed by atoms with Crippen molar-refractivity contribution in [3.63, 3.8) is 0 Å². The number of halogens is 1. The van der Waals surface area contributed by atoms with E-state index in [-0.39, 0.29) is 6.04 Å². The molecule has 112 valence electrons. The van der Waals surface area contributed by atoms with Crippen LogP contribution in [-0.4, -0.2) is 14.7 Å². The topological polar surface area (TPSA) is 46.2 Å². The second kappa shape index (κ2) is 6.20. The van der Waals surface area contributed by atoms with Crippen molar-refractivity contribution in [3.05, 3.63) is 58.1 Å². The molecule has 5 heteroatoms. The first-order valence-corrected chi connectivity index (χ1v) is 9.28. The summed E-state index contributed by atoms with van der Waals surface area (Å²) in [5.41, 5.74) is 3.24. The van der Waals surface area contributed by atoms with E-state index in [1.807, 2.05) is 38.1 Å². The van der Waals surface area contributed by atoms with E-state index in [4.69, 9.17) is 0 Å². The van der Waals surface area contributed by atoms with Gasteiger partial charge in [0.05, 0.1) is 4.90 Å². The van der Waals surface area contributed by atoms with Gasteiger partial charge in [0.1, 0.15) is 0 Å². The summed E-state index contributed by atoms with van der Waals surface area (Å²) in [4.78, 5) is 0.343. The van der Waals surface area contributed by atoms with Crippen LogP contribution in [0.5, 0.6) is 0 Å². The van der Waals surface area contributed by atoms with Crippen molar-refractivity contribution >= 4 is 31.5 Å². The third kappa shape index (κ3) is 4.08. The van der Waals surface area contributed by atoms with Gasteiger partial charge in [0.2, 0.25) is 0 Å². The fourth-order valence-electron chi connectivity index (χ4n) is 2.07. The maximum atomic E-state index is 11.5. The van der Waals surface area contributed by atoms with Gasteiger partial charge in [0, 0.05) is 22.5 Å². The van der Waals surface area contributed by atoms with E-state index in [1.54, 1.807) is 12.1 Å². The van der Waals surface area contributed by atoms with Gasteiger partial charge in [-0.3, -0.25) is 0 Å². The number of rotatable bonds is 4. The molecule has 2 rings (SSSR count). The van der Waals surface area contributed by atoms with Gasteiger partial charge in [-0.25, -0.2) is 8.42 Å². The van der Waals surface area contributed by atoms with E-state index in [2.05, 4.69) is 27.3 Å². The maximum absolute atomic E-state index is 11.5. The van der Waals surface area contributed by atoms with Crippen LogP contribution in [0.3, 0.4) is 0 Å². The molecule has 0 saturated carbocycles. The third-order valence-corrected chi connectivity index (χ3v) is 5.12. The minimum Gasteiger partial charge on any atom is -0.378 e. The molecule has 0 aliphatic heterocycles. The lowest BCUT2D eigenvalue weighted by molar-refractivity contribution is 0.602. The lowest BCUT2D eigenvalue weighted by Gasteiger charge is -2.17. The Bertz CT molecular complexity index is 739. The van der Waals surface area contributed by atoms with Gasteiger partial charge >= 0.3 is 0 Å². The summed E-state index contributed by atoms with van der Waals surface area (Å²) in [7, 11) is -3.14.